The summed E-state index contributed by atoms with van der Waals surface area (Å²) < 4.78 is 0. The Morgan fingerprint density at radius 1 is 0.444 bits per heavy atom. The van der Waals surface area contributed by atoms with Crippen molar-refractivity contribution in [1.82, 2.24) is 19.9 Å². The van der Waals surface area contributed by atoms with E-state index in [9.17, 15) is 0 Å². The Labute approximate surface area is 179 Å². The van der Waals surface area contributed by atoms with Gasteiger partial charge in [-0.15, -0.1) is 0 Å². The monoisotopic (exact) mass is 529 g/mol. The summed E-state index contributed by atoms with van der Waals surface area (Å²) in [4.78, 5) is 16.7. The summed E-state index contributed by atoms with van der Waals surface area (Å²) in [6.07, 6.45) is 7.07. The normalized spacial score (nSPS) is 9.41. The third-order valence-electron chi connectivity index (χ3n) is 3.18. The van der Waals surface area contributed by atoms with Crippen molar-refractivity contribution >= 4 is 28.3 Å². The zero-order chi connectivity index (χ0) is 19.2. The fourth-order valence-corrected chi connectivity index (χ4v) is 2.06. The first kappa shape index (κ1) is 21.4. The van der Waals surface area contributed by atoms with Gasteiger partial charge in [0.25, 0.3) is 0 Å². The molecule has 0 radical (unpaired) electrons. The van der Waals surface area contributed by atoms with Gasteiger partial charge in [-0.25, -0.2) is 0 Å². The van der Waals surface area contributed by atoms with Gasteiger partial charge < -0.3 is 0 Å². The Balaban J connectivity index is 0.000000170. The summed E-state index contributed by atoms with van der Waals surface area (Å²) in [7, 11) is 0. The molecule has 0 saturated carbocycles. The molecule has 0 atom stereocenters. The molecule has 4 heterocycles. The molecular weight excluding hydrogens is 515 g/mol. The van der Waals surface area contributed by atoms with E-state index in [-0.39, 0.29) is 0 Å². The van der Waals surface area contributed by atoms with E-state index in [2.05, 4.69) is 48.3 Å². The Hall–Kier alpha value is -1.93. The van der Waals surface area contributed by atoms with Gasteiger partial charge in [0.15, 0.2) is 0 Å². The Morgan fingerprint density at radius 3 is 0.815 bits per heavy atom. The van der Waals surface area contributed by atoms with E-state index in [0.29, 0.717) is 0 Å². The van der Waals surface area contributed by atoms with E-state index >= 15 is 0 Å². The van der Waals surface area contributed by atoms with Crippen LogP contribution in [0.15, 0.2) is 97.6 Å². The van der Waals surface area contributed by atoms with Crippen LogP contribution in [-0.2, 0) is 11.1 Å². The van der Waals surface area contributed by atoms with Crippen molar-refractivity contribution in [2.75, 3.05) is 0 Å². The molecule has 0 spiro atoms. The average Bonchev–Trinajstić information content (AvgIpc) is 2.77. The molecular formula is C20H16Br2CoN4. The second-order valence-electron chi connectivity index (χ2n) is 4.91. The van der Waals surface area contributed by atoms with Crippen LogP contribution in [0, 0.1) is 0 Å². The molecule has 0 aliphatic rings. The summed E-state index contributed by atoms with van der Waals surface area (Å²) in [6, 6.07) is 23.2. The quantitative estimate of drug-likeness (QED) is 0.320. The molecule has 27 heavy (non-hydrogen) atoms. The molecule has 4 aromatic rings. The number of hydrogen-bond acceptors (Lipinski definition) is 4. The first-order valence-corrected chi connectivity index (χ1v) is 13.0. The van der Waals surface area contributed by atoms with Gasteiger partial charge in [0.2, 0.25) is 0 Å². The molecule has 4 rings (SSSR count). The van der Waals surface area contributed by atoms with Crippen LogP contribution in [0.4, 0.5) is 0 Å². The summed E-state index contributed by atoms with van der Waals surface area (Å²) in [6.45, 7) is 0. The third-order valence-corrected chi connectivity index (χ3v) is 3.18. The zero-order valence-electron chi connectivity index (χ0n) is 14.1. The van der Waals surface area contributed by atoms with Crippen LogP contribution in [0.5, 0.6) is 0 Å². The predicted octanol–water partition coefficient (Wildman–Crippen LogP) is 5.98. The van der Waals surface area contributed by atoms with Gasteiger partial charge in [-0.3, -0.25) is 19.9 Å². The smallest absolute Gasteiger partial charge is 0.0886 e. The molecule has 0 aliphatic heterocycles. The van der Waals surface area contributed by atoms with Crippen molar-refractivity contribution in [1.29, 1.82) is 0 Å². The van der Waals surface area contributed by atoms with Gasteiger partial charge in [0.05, 0.1) is 22.8 Å². The first-order valence-electron chi connectivity index (χ1n) is 7.83. The second-order valence-corrected chi connectivity index (χ2v) is 10.2. The number of hydrogen-bond donors (Lipinski definition) is 0. The van der Waals surface area contributed by atoms with Crippen LogP contribution < -0.4 is 0 Å². The molecule has 7 heteroatoms. The number of nitrogens with zero attached hydrogens (tertiary/aromatic N) is 4. The van der Waals surface area contributed by atoms with E-state index in [1.165, 1.54) is 0 Å². The summed E-state index contributed by atoms with van der Waals surface area (Å²) in [5, 5.41) is 0. The van der Waals surface area contributed by atoms with Crippen molar-refractivity contribution in [3.05, 3.63) is 97.6 Å². The minimum atomic E-state index is 0.915. The number of aromatic nitrogens is 4. The number of rotatable bonds is 2. The maximum absolute atomic E-state index is 4.19. The molecule has 0 bridgehead atoms. The van der Waals surface area contributed by atoms with Gasteiger partial charge in [0, 0.05) is 24.8 Å². The largest absolute Gasteiger partial charge is 0.255 e. The van der Waals surface area contributed by atoms with Crippen LogP contribution in [0.1, 0.15) is 0 Å². The Bertz CT molecular complexity index is 717. The van der Waals surface area contributed by atoms with E-state index < -0.39 is 0 Å². The van der Waals surface area contributed by atoms with Crippen molar-refractivity contribution in [3.63, 3.8) is 0 Å². The minimum Gasteiger partial charge on any atom is -0.255 e. The summed E-state index contributed by atoms with van der Waals surface area (Å²) in [5.74, 6) is 0. The van der Waals surface area contributed by atoms with Crippen LogP contribution in [-0.4, -0.2) is 19.9 Å². The molecule has 0 fully saturated rings. The first-order chi connectivity index (χ1) is 13.3. The van der Waals surface area contributed by atoms with Gasteiger partial charge in [-0.1, -0.05) is 24.3 Å². The molecule has 0 saturated heterocycles. The van der Waals surface area contributed by atoms with Gasteiger partial charge in [-0.05, 0) is 48.5 Å². The van der Waals surface area contributed by atoms with Gasteiger partial charge in [0.1, 0.15) is 0 Å². The van der Waals surface area contributed by atoms with E-state index in [4.69, 9.17) is 0 Å². The van der Waals surface area contributed by atoms with Crippen LogP contribution in [0.2, 0.25) is 0 Å². The topological polar surface area (TPSA) is 51.6 Å². The Morgan fingerprint density at radius 2 is 0.667 bits per heavy atom. The third kappa shape index (κ3) is 8.09. The fraction of sp³-hybridized carbons (Fsp3) is 0. The van der Waals surface area contributed by atoms with Crippen molar-refractivity contribution < 1.29 is 11.1 Å². The maximum atomic E-state index is 4.19. The summed E-state index contributed by atoms with van der Waals surface area (Å²) in [5.41, 5.74) is 3.66. The maximum Gasteiger partial charge on any atom is 0.0886 e. The minimum absolute atomic E-state index is 0.915. The molecule has 4 nitrogen and oxygen atoms in total. The molecule has 0 unspecified atom stereocenters. The van der Waals surface area contributed by atoms with Crippen LogP contribution in [0.3, 0.4) is 0 Å². The van der Waals surface area contributed by atoms with Gasteiger partial charge >= 0.3 is 39.5 Å². The van der Waals surface area contributed by atoms with E-state index in [1.807, 2.05) is 72.8 Å². The van der Waals surface area contributed by atoms with Crippen molar-refractivity contribution in [2.24, 2.45) is 0 Å². The standard InChI is InChI=1S/2C10H8N2.2BrH.Co/c2*1-3-7-11-9(5-1)10-6-2-4-8-12-10;;;/h2*1-8H;2*1H;/q;;;;+2/p-2. The second kappa shape index (κ2) is 13.3. The van der Waals surface area contributed by atoms with E-state index in [1.54, 1.807) is 24.8 Å². The zero-order valence-corrected chi connectivity index (χ0v) is 18.3. The van der Waals surface area contributed by atoms with E-state index in [0.717, 1.165) is 33.9 Å². The van der Waals surface area contributed by atoms with Crippen LogP contribution >= 0.6 is 28.3 Å². The predicted molar refractivity (Wildman–Crippen MR) is 113 cm³/mol. The molecule has 0 aromatic carbocycles. The number of halogens is 2. The number of pyridine rings is 4. The molecule has 0 amide bonds. The molecule has 4 aromatic heterocycles. The van der Waals surface area contributed by atoms with Crippen molar-refractivity contribution in [2.45, 2.75) is 0 Å². The van der Waals surface area contributed by atoms with Gasteiger partial charge in [-0.2, -0.15) is 0 Å². The molecule has 0 aliphatic carbocycles. The Kier molecular flexibility index (Phi) is 10.5. The SMILES string of the molecule is [Br][Co][Br].c1ccc(-c2ccccn2)nc1.c1ccc(-c2ccccn2)nc1. The summed E-state index contributed by atoms with van der Waals surface area (Å²) >= 11 is 7.12. The molecule has 0 N–H and O–H groups in total. The molecule has 139 valence electrons. The average molecular weight is 531 g/mol. The fourth-order valence-electron chi connectivity index (χ4n) is 2.06. The van der Waals surface area contributed by atoms with Crippen molar-refractivity contribution in [3.8, 4) is 22.8 Å². The van der Waals surface area contributed by atoms with Crippen LogP contribution in [0.25, 0.3) is 22.8 Å².